The topological polar surface area (TPSA) is 21.3 Å². The third-order valence-electron chi connectivity index (χ3n) is 2.80. The van der Waals surface area contributed by atoms with Crippen molar-refractivity contribution in [2.45, 2.75) is 25.1 Å². The lowest BCUT2D eigenvalue weighted by atomic mass is 10.1. The first-order valence-electron chi connectivity index (χ1n) is 5.57. The molecule has 1 N–H and O–H groups in total. The Balaban J connectivity index is 1.98. The van der Waals surface area contributed by atoms with Crippen LogP contribution < -0.4 is 5.32 Å². The molecule has 1 aromatic rings. The van der Waals surface area contributed by atoms with E-state index in [0.29, 0.717) is 19.3 Å². The predicted molar refractivity (Wildman–Crippen MR) is 58.9 cm³/mol. The van der Waals surface area contributed by atoms with Crippen molar-refractivity contribution < 1.29 is 17.9 Å². The second-order valence-electron chi connectivity index (χ2n) is 4.11. The number of benzene rings is 1. The van der Waals surface area contributed by atoms with Gasteiger partial charge in [0.1, 0.15) is 0 Å². The molecule has 94 valence electrons. The quantitative estimate of drug-likeness (QED) is 0.863. The highest BCUT2D eigenvalue weighted by Crippen LogP contribution is 2.30. The molecule has 2 nitrogen and oxygen atoms in total. The maximum Gasteiger partial charge on any atom is 0.416 e. The van der Waals surface area contributed by atoms with Crippen LogP contribution in [0.5, 0.6) is 0 Å². The van der Waals surface area contributed by atoms with Crippen LogP contribution in [0.2, 0.25) is 0 Å². The van der Waals surface area contributed by atoms with Gasteiger partial charge in [0.25, 0.3) is 0 Å². The zero-order valence-corrected chi connectivity index (χ0v) is 9.26. The van der Waals surface area contributed by atoms with E-state index in [1.54, 1.807) is 0 Å². The van der Waals surface area contributed by atoms with Gasteiger partial charge < -0.3 is 10.1 Å². The molecule has 2 rings (SSSR count). The minimum atomic E-state index is -4.27. The maximum absolute atomic E-state index is 12.3. The summed E-state index contributed by atoms with van der Waals surface area (Å²) >= 11 is 0. The predicted octanol–water partition coefficient (Wildman–Crippen LogP) is 3.30. The number of rotatable bonds is 2. The van der Waals surface area contributed by atoms with Crippen molar-refractivity contribution in [2.75, 3.05) is 18.5 Å². The zero-order valence-electron chi connectivity index (χ0n) is 9.26. The molecule has 0 aromatic heterocycles. The van der Waals surface area contributed by atoms with Crippen molar-refractivity contribution >= 4 is 5.69 Å². The summed E-state index contributed by atoms with van der Waals surface area (Å²) in [5.74, 6) is 0. The summed E-state index contributed by atoms with van der Waals surface area (Å²) in [6.07, 6.45) is -2.49. The summed E-state index contributed by atoms with van der Waals surface area (Å²) in [6.45, 7) is 1.41. The van der Waals surface area contributed by atoms with Gasteiger partial charge >= 0.3 is 6.18 Å². The Bertz CT molecular complexity index is 355. The summed E-state index contributed by atoms with van der Waals surface area (Å²) in [7, 11) is 0. The molecule has 5 heteroatoms. The molecule has 17 heavy (non-hydrogen) atoms. The van der Waals surface area contributed by atoms with Crippen molar-refractivity contribution in [1.82, 2.24) is 0 Å². The van der Waals surface area contributed by atoms with E-state index in [1.165, 1.54) is 12.1 Å². The van der Waals surface area contributed by atoms with Crippen molar-refractivity contribution in [3.8, 4) is 0 Å². The average Bonchev–Trinajstić information content (AvgIpc) is 2.30. The fourth-order valence-electron chi connectivity index (χ4n) is 1.83. The highest BCUT2D eigenvalue weighted by molar-refractivity contribution is 5.46. The van der Waals surface area contributed by atoms with Crippen LogP contribution in [0.25, 0.3) is 0 Å². The Labute approximate surface area is 97.8 Å². The molecule has 0 unspecified atom stereocenters. The van der Waals surface area contributed by atoms with E-state index < -0.39 is 11.7 Å². The lowest BCUT2D eigenvalue weighted by Gasteiger charge is -2.24. The van der Waals surface area contributed by atoms with Gasteiger partial charge in [-0.1, -0.05) is 0 Å². The van der Waals surface area contributed by atoms with E-state index in [-0.39, 0.29) is 0 Å². The van der Waals surface area contributed by atoms with Gasteiger partial charge in [-0.3, -0.25) is 0 Å². The summed E-state index contributed by atoms with van der Waals surface area (Å²) in [5, 5.41) is 3.21. The molecule has 1 aliphatic heterocycles. The first kappa shape index (κ1) is 12.2. The van der Waals surface area contributed by atoms with Crippen molar-refractivity contribution in [3.05, 3.63) is 29.8 Å². The van der Waals surface area contributed by atoms with Gasteiger partial charge in [0.05, 0.1) is 5.56 Å². The van der Waals surface area contributed by atoms with Crippen LogP contribution in [0, 0.1) is 0 Å². The SMILES string of the molecule is FC(F)(F)c1ccc(NC2CCOCC2)cc1. The Kier molecular flexibility index (Phi) is 3.57. The number of hydrogen-bond acceptors (Lipinski definition) is 2. The zero-order chi connectivity index (χ0) is 12.3. The Hall–Kier alpha value is -1.23. The van der Waals surface area contributed by atoms with Gasteiger partial charge in [0.2, 0.25) is 0 Å². The smallest absolute Gasteiger partial charge is 0.382 e. The van der Waals surface area contributed by atoms with E-state index in [4.69, 9.17) is 4.74 Å². The fraction of sp³-hybridized carbons (Fsp3) is 0.500. The lowest BCUT2D eigenvalue weighted by molar-refractivity contribution is -0.137. The van der Waals surface area contributed by atoms with Crippen LogP contribution in [-0.2, 0) is 10.9 Å². The molecule has 0 aliphatic carbocycles. The lowest BCUT2D eigenvalue weighted by Crippen LogP contribution is -2.27. The van der Waals surface area contributed by atoms with E-state index in [1.807, 2.05) is 0 Å². The largest absolute Gasteiger partial charge is 0.416 e. The molecule has 1 aliphatic rings. The van der Waals surface area contributed by atoms with Gasteiger partial charge in [0, 0.05) is 24.9 Å². The van der Waals surface area contributed by atoms with Gasteiger partial charge in [-0.15, -0.1) is 0 Å². The van der Waals surface area contributed by atoms with Gasteiger partial charge in [-0.05, 0) is 37.1 Å². The molecule has 0 spiro atoms. The minimum Gasteiger partial charge on any atom is -0.382 e. The number of nitrogens with one attached hydrogen (secondary N) is 1. The second-order valence-corrected chi connectivity index (χ2v) is 4.11. The van der Waals surface area contributed by atoms with Crippen molar-refractivity contribution in [2.24, 2.45) is 0 Å². The van der Waals surface area contributed by atoms with Crippen molar-refractivity contribution in [1.29, 1.82) is 0 Å². The molecule has 0 atom stereocenters. The van der Waals surface area contributed by atoms with Gasteiger partial charge in [0.15, 0.2) is 0 Å². The van der Waals surface area contributed by atoms with E-state index in [0.717, 1.165) is 30.7 Å². The normalized spacial score (nSPS) is 18.1. The highest BCUT2D eigenvalue weighted by Gasteiger charge is 2.30. The van der Waals surface area contributed by atoms with E-state index in [9.17, 15) is 13.2 Å². The molecule has 0 radical (unpaired) electrons. The molecule has 1 fully saturated rings. The monoisotopic (exact) mass is 245 g/mol. The van der Waals surface area contributed by atoms with Crippen LogP contribution in [-0.4, -0.2) is 19.3 Å². The fourth-order valence-corrected chi connectivity index (χ4v) is 1.83. The average molecular weight is 245 g/mol. The molecule has 1 saturated heterocycles. The Morgan fingerprint density at radius 3 is 2.18 bits per heavy atom. The molecule has 0 amide bonds. The minimum absolute atomic E-state index is 0.292. The number of ether oxygens (including phenoxy) is 1. The molecule has 0 saturated carbocycles. The highest BCUT2D eigenvalue weighted by atomic mass is 19.4. The van der Waals surface area contributed by atoms with E-state index in [2.05, 4.69) is 5.32 Å². The van der Waals surface area contributed by atoms with Crippen LogP contribution in [0.15, 0.2) is 24.3 Å². The van der Waals surface area contributed by atoms with Crippen LogP contribution in [0.3, 0.4) is 0 Å². The Morgan fingerprint density at radius 1 is 1.06 bits per heavy atom. The van der Waals surface area contributed by atoms with Gasteiger partial charge in [-0.25, -0.2) is 0 Å². The van der Waals surface area contributed by atoms with Crippen LogP contribution >= 0.6 is 0 Å². The Morgan fingerprint density at radius 2 is 1.65 bits per heavy atom. The molecule has 1 heterocycles. The van der Waals surface area contributed by atoms with Crippen LogP contribution in [0.4, 0.5) is 18.9 Å². The number of anilines is 1. The number of hydrogen-bond donors (Lipinski definition) is 1. The van der Waals surface area contributed by atoms with E-state index >= 15 is 0 Å². The van der Waals surface area contributed by atoms with Crippen LogP contribution in [0.1, 0.15) is 18.4 Å². The third-order valence-corrected chi connectivity index (χ3v) is 2.80. The number of alkyl halides is 3. The molecule has 0 bridgehead atoms. The standard InChI is InChI=1S/C12H14F3NO/c13-12(14,15)9-1-3-10(4-2-9)16-11-5-7-17-8-6-11/h1-4,11,16H,5-8H2. The molecule has 1 aromatic carbocycles. The summed E-state index contributed by atoms with van der Waals surface area (Å²) in [6, 6.07) is 5.43. The second kappa shape index (κ2) is 4.96. The molecular weight excluding hydrogens is 231 g/mol. The summed E-state index contributed by atoms with van der Waals surface area (Å²) in [4.78, 5) is 0. The summed E-state index contributed by atoms with van der Waals surface area (Å²) < 4.78 is 42.2. The molecular formula is C12H14F3NO. The summed E-state index contributed by atoms with van der Waals surface area (Å²) in [5.41, 5.74) is 0.111. The van der Waals surface area contributed by atoms with Crippen molar-refractivity contribution in [3.63, 3.8) is 0 Å². The first-order valence-corrected chi connectivity index (χ1v) is 5.57. The number of halogens is 3. The third kappa shape index (κ3) is 3.36. The maximum atomic E-state index is 12.3. The van der Waals surface area contributed by atoms with Gasteiger partial charge in [-0.2, -0.15) is 13.2 Å². The first-order chi connectivity index (χ1) is 8.05.